The molecule has 3 aliphatic rings. The Hall–Kier alpha value is -3.77. The Labute approximate surface area is 295 Å². The second kappa shape index (κ2) is 14.0. The molecule has 10 nitrogen and oxygen atoms in total. The molecule has 0 amide bonds. The molecule has 6 rings (SSSR count). The van der Waals surface area contributed by atoms with Crippen molar-refractivity contribution in [3.05, 3.63) is 83.8 Å². The Morgan fingerprint density at radius 2 is 1.79 bits per heavy atom. The normalized spacial score (nSPS) is 24.5. The number of nitrogens with zero attached hydrogens (tertiary/aromatic N) is 4. The molecule has 8 bridgehead atoms. The summed E-state index contributed by atoms with van der Waals surface area (Å²) in [7, 11) is 1.28. The summed E-state index contributed by atoms with van der Waals surface area (Å²) in [6, 6.07) is -0.583. The van der Waals surface area contributed by atoms with E-state index in [0.717, 1.165) is 28.6 Å². The van der Waals surface area contributed by atoms with Crippen LogP contribution in [0.5, 0.6) is 0 Å². The molecule has 5 heterocycles. The zero-order valence-corrected chi connectivity index (χ0v) is 29.7. The number of hydrogen-bond acceptors (Lipinski definition) is 6. The number of rotatable bonds is 8. The second-order valence-electron chi connectivity index (χ2n) is 12.4. The molecule has 2 N–H and O–H groups in total. The van der Waals surface area contributed by atoms with E-state index in [9.17, 15) is 19.8 Å². The molecule has 0 aromatic carbocycles. The Balaban J connectivity index is 0.00000451. The fourth-order valence-electron chi connectivity index (χ4n) is 7.46. The van der Waals surface area contributed by atoms with Crippen LogP contribution < -0.4 is 36.2 Å². The van der Waals surface area contributed by atoms with E-state index in [2.05, 4.69) is 13.5 Å². The van der Waals surface area contributed by atoms with Gasteiger partial charge < -0.3 is 40.0 Å². The van der Waals surface area contributed by atoms with Gasteiger partial charge in [0.25, 0.3) is 0 Å². The van der Waals surface area contributed by atoms with Gasteiger partial charge >= 0.3 is 29.0 Å². The van der Waals surface area contributed by atoms with Gasteiger partial charge in [0.15, 0.2) is 12.1 Å². The van der Waals surface area contributed by atoms with E-state index in [1.807, 2.05) is 45.9 Å². The molecule has 3 aromatic rings. The summed E-state index contributed by atoms with van der Waals surface area (Å²) in [6.45, 7) is 14.1. The van der Waals surface area contributed by atoms with E-state index in [0.29, 0.717) is 80.9 Å². The molecule has 1 aliphatic carbocycles. The van der Waals surface area contributed by atoms with E-state index in [-0.39, 0.29) is 40.7 Å². The molecule has 2 unspecified atom stereocenters. The quantitative estimate of drug-likeness (QED) is 0.159. The van der Waals surface area contributed by atoms with Crippen molar-refractivity contribution in [3.63, 3.8) is 0 Å². The van der Waals surface area contributed by atoms with Gasteiger partial charge in [-0.15, -0.1) is 33.1 Å². The molecule has 48 heavy (non-hydrogen) atoms. The van der Waals surface area contributed by atoms with Crippen LogP contribution in [0.15, 0.2) is 12.3 Å². The van der Waals surface area contributed by atoms with Gasteiger partial charge in [0.1, 0.15) is 5.92 Å². The summed E-state index contributed by atoms with van der Waals surface area (Å²) in [5, 5.41) is 28.2. The molecule has 248 valence electrons. The number of methoxy groups -OCH3 is 1. The first-order chi connectivity index (χ1) is 22.6. The van der Waals surface area contributed by atoms with E-state index >= 15 is 0 Å². The Morgan fingerprint density at radius 1 is 1.06 bits per heavy atom. The number of carbonyl (C=O) groups is 2. The molecule has 0 spiro atoms. The van der Waals surface area contributed by atoms with Gasteiger partial charge in [0.2, 0.25) is 0 Å². The number of ether oxygens (including phenoxy) is 2. The largest absolute Gasteiger partial charge is 2.00 e. The van der Waals surface area contributed by atoms with Gasteiger partial charge in [0, 0.05) is 12.2 Å². The molecule has 0 saturated carbocycles. The standard InChI is InChI=1S/C37H40N4O6.Mg/c1-8-20-17(4)24-13-25-18(5)22(11-12-30(43)47-10-3)34(40-25)32-33(37(45)46-7)36(44)31-19(6)26(41-35(31)32)14-28-21(9-2)23(16-42)29(39-28)15-27(20)38-24;/h8,13-16,18,22,30,33-34,43H,1,9-12H2,2-7H3,(H,42,44);/q-4;+2/b25-13-,29-15-;/t18-,22-,30?,33+,34?;/m0./s1. The topological polar surface area (TPSA) is 149 Å². The molecular formula is C37H40MgN4O6-2. The maximum atomic E-state index is 14.1. The first-order valence-corrected chi connectivity index (χ1v) is 16.1. The Morgan fingerprint density at radius 3 is 2.44 bits per heavy atom. The number of fused-ring (bicyclic) bond motifs is 8. The van der Waals surface area contributed by atoms with Crippen LogP contribution in [0.25, 0.3) is 41.5 Å². The summed E-state index contributed by atoms with van der Waals surface area (Å²) in [6.07, 6.45) is 9.00. The molecule has 1 saturated heterocycles. The maximum Gasteiger partial charge on any atom is 2.00 e. The number of ketones is 1. The molecule has 0 radical (unpaired) electrons. The van der Waals surface area contributed by atoms with E-state index < -0.39 is 24.2 Å². The molecular weight excluding hydrogens is 621 g/mol. The summed E-state index contributed by atoms with van der Waals surface area (Å²) < 4.78 is 10.6. The third kappa shape index (κ3) is 5.70. The minimum absolute atomic E-state index is 0. The Bertz CT molecular complexity index is 2070. The summed E-state index contributed by atoms with van der Waals surface area (Å²) in [5.41, 5.74) is 6.90. The zero-order valence-electron chi connectivity index (χ0n) is 28.3. The molecule has 1 fully saturated rings. The maximum absolute atomic E-state index is 14.1. The number of Topliss-reactive ketones (excluding diaryl/α,β-unsaturated/α-hetero) is 1. The van der Waals surface area contributed by atoms with Gasteiger partial charge in [-0.25, -0.2) is 0 Å². The first kappa shape index (κ1) is 35.5. The third-order valence-corrected chi connectivity index (χ3v) is 9.96. The van der Waals surface area contributed by atoms with Crippen LogP contribution in [0.2, 0.25) is 0 Å². The molecule has 11 heteroatoms. The van der Waals surface area contributed by atoms with Crippen LogP contribution in [-0.2, 0) is 20.7 Å². The van der Waals surface area contributed by atoms with Crippen molar-refractivity contribution >= 4 is 70.9 Å². The first-order valence-electron chi connectivity index (χ1n) is 16.1. The van der Waals surface area contributed by atoms with Crippen LogP contribution in [0.3, 0.4) is 0 Å². The Kier molecular flexibility index (Phi) is 10.4. The van der Waals surface area contributed by atoms with Gasteiger partial charge in [-0.3, -0.25) is 9.59 Å². The summed E-state index contributed by atoms with van der Waals surface area (Å²) >= 11 is 0. The number of carbonyl (C=O) groups excluding carboxylic acids is 2. The van der Waals surface area contributed by atoms with Gasteiger partial charge in [-0.05, 0) is 62.7 Å². The van der Waals surface area contributed by atoms with Crippen molar-refractivity contribution in [1.29, 1.82) is 0 Å². The van der Waals surface area contributed by atoms with Crippen molar-refractivity contribution in [1.82, 2.24) is 15.0 Å². The summed E-state index contributed by atoms with van der Waals surface area (Å²) in [5.74, 6) is -2.49. The number of allylic oxidation sites excluding steroid dienone is 1. The number of esters is 1. The SMILES string of the molecule is C=Cc1c2[n-]c(c1C)/C=C1\[N-]C(C3=c4[n-]/c(c(C)c4C(=O)[C@@H]3C(=O)OC)=C\c3[n-]c(/c(=C\O)c3CC)=C\2)[C@@H](CCC(O)OCC)[C@@H]1C.[Mg+2]. The molecule has 2 aliphatic heterocycles. The average molecular weight is 661 g/mol. The second-order valence-corrected chi connectivity index (χ2v) is 12.4. The van der Waals surface area contributed by atoms with E-state index in [4.69, 9.17) is 29.7 Å². The van der Waals surface area contributed by atoms with Gasteiger partial charge in [0.05, 0.1) is 13.4 Å². The van der Waals surface area contributed by atoms with Crippen LogP contribution >= 0.6 is 0 Å². The predicted octanol–water partition coefficient (Wildman–Crippen LogP) is 1.59. The predicted molar refractivity (Wildman–Crippen MR) is 185 cm³/mol. The van der Waals surface area contributed by atoms with Crippen LogP contribution in [0, 0.1) is 31.6 Å². The monoisotopic (exact) mass is 660 g/mol. The van der Waals surface area contributed by atoms with Crippen molar-refractivity contribution in [3.8, 4) is 0 Å². The fraction of sp³-hybridized carbons (Fsp3) is 0.405. The number of hydrogen-bond donors (Lipinski definition) is 2. The minimum Gasteiger partial charge on any atom is -0.681 e. The van der Waals surface area contributed by atoms with E-state index in [1.165, 1.54) is 7.11 Å². The number of aliphatic hydroxyl groups is 2. The van der Waals surface area contributed by atoms with Crippen molar-refractivity contribution in [2.45, 2.75) is 66.2 Å². The van der Waals surface area contributed by atoms with Crippen LogP contribution in [0.1, 0.15) is 83.3 Å². The van der Waals surface area contributed by atoms with Gasteiger partial charge in [-0.1, -0.05) is 73.0 Å². The molecule has 3 aromatic heterocycles. The number of aliphatic hydroxyl groups excluding tert-OH is 2. The van der Waals surface area contributed by atoms with Crippen molar-refractivity contribution < 1.29 is 29.3 Å². The van der Waals surface area contributed by atoms with Crippen LogP contribution in [-0.4, -0.2) is 71.1 Å². The van der Waals surface area contributed by atoms with Crippen molar-refractivity contribution in [2.75, 3.05) is 13.7 Å². The van der Waals surface area contributed by atoms with Crippen LogP contribution in [0.4, 0.5) is 0 Å². The smallest absolute Gasteiger partial charge is 0.681 e. The molecule has 5 atom stereocenters. The number of aromatic nitrogens is 3. The minimum atomic E-state index is -1.18. The third-order valence-electron chi connectivity index (χ3n) is 9.96. The fourth-order valence-corrected chi connectivity index (χ4v) is 7.46. The van der Waals surface area contributed by atoms with Crippen molar-refractivity contribution in [2.24, 2.45) is 17.8 Å². The van der Waals surface area contributed by atoms with Gasteiger partial charge in [-0.2, -0.15) is 5.70 Å². The zero-order chi connectivity index (χ0) is 33.7. The van der Waals surface area contributed by atoms with E-state index in [1.54, 1.807) is 6.08 Å². The summed E-state index contributed by atoms with van der Waals surface area (Å²) in [4.78, 5) is 42.3. The average Bonchev–Trinajstić information content (AvgIpc) is 3.80.